The fraction of sp³-hybridized carbons (Fsp3) is 0.391. The zero-order chi connectivity index (χ0) is 22.5. The molecule has 1 aliphatic heterocycles. The number of benzene rings is 1. The molecule has 2 amide bonds. The summed E-state index contributed by atoms with van der Waals surface area (Å²) in [6, 6.07) is 5.88. The first-order chi connectivity index (χ1) is 15.4. The summed E-state index contributed by atoms with van der Waals surface area (Å²) in [5, 5.41) is 7.71. The third kappa shape index (κ3) is 3.43. The molecule has 1 N–H and O–H groups in total. The molecule has 2 aliphatic rings. The molecule has 0 atom stereocenters. The van der Waals surface area contributed by atoms with Gasteiger partial charge in [-0.1, -0.05) is 11.6 Å². The van der Waals surface area contributed by atoms with Gasteiger partial charge in [-0.05, 0) is 63.3 Å². The Labute approximate surface area is 189 Å². The van der Waals surface area contributed by atoms with E-state index in [9.17, 15) is 14.0 Å². The van der Waals surface area contributed by atoms with Crippen LogP contribution in [-0.4, -0.2) is 39.0 Å². The van der Waals surface area contributed by atoms with E-state index in [2.05, 4.69) is 15.4 Å². The standard InChI is InChI=1S/C23H23ClFN5O2/c1-14-19(20-26-10-2-11-30(20)28-14)21(31)27-16-5-7-23(8-6-16)9-12-29(22(23)32)18-4-3-15(25)13-17(18)24/h2-4,10-11,13,16H,5-9,12H2,1H3,(H,27,31). The number of rotatable bonds is 3. The monoisotopic (exact) mass is 455 g/mol. The van der Waals surface area contributed by atoms with Crippen molar-refractivity contribution in [3.8, 4) is 0 Å². The van der Waals surface area contributed by atoms with Gasteiger partial charge in [-0.3, -0.25) is 9.59 Å². The quantitative estimate of drug-likeness (QED) is 0.649. The molecular weight excluding hydrogens is 433 g/mol. The first-order valence-corrected chi connectivity index (χ1v) is 11.1. The summed E-state index contributed by atoms with van der Waals surface area (Å²) in [6.45, 7) is 2.36. The minimum Gasteiger partial charge on any atom is -0.349 e. The minimum absolute atomic E-state index is 0.0116. The number of nitrogens with zero attached hydrogens (tertiary/aromatic N) is 4. The van der Waals surface area contributed by atoms with E-state index >= 15 is 0 Å². The lowest BCUT2D eigenvalue weighted by Gasteiger charge is -2.36. The summed E-state index contributed by atoms with van der Waals surface area (Å²) in [7, 11) is 0. The van der Waals surface area contributed by atoms with E-state index in [1.807, 2.05) is 0 Å². The normalized spacial score (nSPS) is 23.3. The second-order valence-electron chi connectivity index (χ2n) is 8.68. The molecule has 1 aromatic carbocycles. The Hall–Kier alpha value is -3.00. The zero-order valence-corrected chi connectivity index (χ0v) is 18.4. The predicted octanol–water partition coefficient (Wildman–Crippen LogP) is 3.93. The number of carbonyl (C=O) groups is 2. The summed E-state index contributed by atoms with van der Waals surface area (Å²) in [5.74, 6) is -0.568. The van der Waals surface area contributed by atoms with Crippen LogP contribution in [0.1, 0.15) is 48.2 Å². The van der Waals surface area contributed by atoms with Crippen LogP contribution in [0.2, 0.25) is 5.02 Å². The third-order valence-corrected chi connectivity index (χ3v) is 7.09. The molecule has 0 radical (unpaired) electrons. The van der Waals surface area contributed by atoms with E-state index in [0.717, 1.165) is 6.42 Å². The Balaban J connectivity index is 1.26. The SMILES string of the molecule is Cc1nn2cccnc2c1C(=O)NC1CCC2(CC1)CCN(c1ccc(F)cc1Cl)C2=O. The van der Waals surface area contributed by atoms with Crippen LogP contribution in [0.25, 0.3) is 5.65 Å². The average molecular weight is 456 g/mol. The van der Waals surface area contributed by atoms with Crippen molar-refractivity contribution < 1.29 is 14.0 Å². The van der Waals surface area contributed by atoms with Crippen LogP contribution in [-0.2, 0) is 4.79 Å². The Kier molecular flexibility index (Phi) is 5.12. The first kappa shape index (κ1) is 20.9. The van der Waals surface area contributed by atoms with Gasteiger partial charge in [-0.2, -0.15) is 5.10 Å². The van der Waals surface area contributed by atoms with Crippen LogP contribution >= 0.6 is 11.6 Å². The lowest BCUT2D eigenvalue weighted by atomic mass is 9.71. The zero-order valence-electron chi connectivity index (χ0n) is 17.6. The van der Waals surface area contributed by atoms with Crippen LogP contribution < -0.4 is 10.2 Å². The van der Waals surface area contributed by atoms with Crippen molar-refractivity contribution in [3.63, 3.8) is 0 Å². The molecule has 1 saturated heterocycles. The number of aryl methyl sites for hydroxylation is 1. The van der Waals surface area contributed by atoms with Gasteiger partial charge in [-0.25, -0.2) is 13.9 Å². The van der Waals surface area contributed by atoms with Crippen LogP contribution in [0.3, 0.4) is 0 Å². The van der Waals surface area contributed by atoms with Crippen molar-refractivity contribution in [2.45, 2.75) is 45.1 Å². The maximum absolute atomic E-state index is 13.4. The maximum Gasteiger partial charge on any atom is 0.257 e. The maximum atomic E-state index is 13.4. The van der Waals surface area contributed by atoms with Crippen LogP contribution in [0.15, 0.2) is 36.7 Å². The summed E-state index contributed by atoms with van der Waals surface area (Å²) < 4.78 is 15.0. The number of hydrogen-bond donors (Lipinski definition) is 1. The second-order valence-corrected chi connectivity index (χ2v) is 9.09. The molecule has 0 unspecified atom stereocenters. The van der Waals surface area contributed by atoms with Gasteiger partial charge in [0.2, 0.25) is 5.91 Å². The summed E-state index contributed by atoms with van der Waals surface area (Å²) in [4.78, 5) is 32.2. The predicted molar refractivity (Wildman–Crippen MR) is 118 cm³/mol. The summed E-state index contributed by atoms with van der Waals surface area (Å²) in [6.07, 6.45) is 6.96. The van der Waals surface area contributed by atoms with Gasteiger partial charge in [0.05, 0.1) is 21.8 Å². The number of nitrogens with one attached hydrogen (secondary N) is 1. The van der Waals surface area contributed by atoms with E-state index in [-0.39, 0.29) is 22.9 Å². The van der Waals surface area contributed by atoms with Crippen LogP contribution in [0.5, 0.6) is 0 Å². The summed E-state index contributed by atoms with van der Waals surface area (Å²) >= 11 is 6.19. The van der Waals surface area contributed by atoms with Crippen LogP contribution in [0.4, 0.5) is 10.1 Å². The topological polar surface area (TPSA) is 79.6 Å². The van der Waals surface area contributed by atoms with E-state index in [4.69, 9.17) is 11.6 Å². The van der Waals surface area contributed by atoms with Gasteiger partial charge < -0.3 is 10.2 Å². The number of carbonyl (C=O) groups excluding carboxylic acids is 2. The van der Waals surface area contributed by atoms with Gasteiger partial charge in [0.15, 0.2) is 5.65 Å². The molecule has 1 aliphatic carbocycles. The molecule has 2 aromatic heterocycles. The highest BCUT2D eigenvalue weighted by Crippen LogP contribution is 2.47. The Morgan fingerprint density at radius 2 is 2.06 bits per heavy atom. The number of hydrogen-bond acceptors (Lipinski definition) is 4. The van der Waals surface area contributed by atoms with Gasteiger partial charge in [0, 0.05) is 25.0 Å². The lowest BCUT2D eigenvalue weighted by molar-refractivity contribution is -0.127. The third-order valence-electron chi connectivity index (χ3n) is 6.79. The number of fused-ring (bicyclic) bond motifs is 1. The molecule has 7 nitrogen and oxygen atoms in total. The van der Waals surface area contributed by atoms with E-state index < -0.39 is 11.2 Å². The van der Waals surface area contributed by atoms with Crippen molar-refractivity contribution >= 4 is 34.7 Å². The first-order valence-electron chi connectivity index (χ1n) is 10.8. The molecule has 166 valence electrons. The van der Waals surface area contributed by atoms with Gasteiger partial charge in [0.1, 0.15) is 11.4 Å². The molecule has 3 aromatic rings. The van der Waals surface area contributed by atoms with Crippen molar-refractivity contribution in [1.29, 1.82) is 0 Å². The average Bonchev–Trinajstić information content (AvgIpc) is 3.27. The van der Waals surface area contributed by atoms with Crippen molar-refractivity contribution in [3.05, 3.63) is 58.8 Å². The molecule has 3 heterocycles. The molecule has 1 spiro atoms. The Morgan fingerprint density at radius 3 is 2.81 bits per heavy atom. The largest absolute Gasteiger partial charge is 0.349 e. The van der Waals surface area contributed by atoms with Gasteiger partial charge in [0.25, 0.3) is 5.91 Å². The molecule has 0 bridgehead atoms. The fourth-order valence-corrected chi connectivity index (χ4v) is 5.32. The number of amides is 2. The number of anilines is 1. The molecular formula is C23H23ClFN5O2. The highest BCUT2D eigenvalue weighted by molar-refractivity contribution is 6.34. The Bertz CT molecular complexity index is 1220. The molecule has 2 fully saturated rings. The van der Waals surface area contributed by atoms with E-state index in [1.54, 1.807) is 40.9 Å². The van der Waals surface area contributed by atoms with Gasteiger partial charge in [-0.15, -0.1) is 0 Å². The van der Waals surface area contributed by atoms with E-state index in [0.29, 0.717) is 54.8 Å². The number of halogens is 2. The molecule has 5 rings (SSSR count). The second kappa shape index (κ2) is 7.85. The fourth-order valence-electron chi connectivity index (χ4n) is 5.05. The van der Waals surface area contributed by atoms with Crippen molar-refractivity contribution in [1.82, 2.24) is 19.9 Å². The minimum atomic E-state index is -0.444. The Morgan fingerprint density at radius 1 is 1.28 bits per heavy atom. The van der Waals surface area contributed by atoms with Crippen molar-refractivity contribution in [2.24, 2.45) is 5.41 Å². The smallest absolute Gasteiger partial charge is 0.257 e. The molecule has 1 saturated carbocycles. The lowest BCUT2D eigenvalue weighted by Crippen LogP contribution is -2.44. The van der Waals surface area contributed by atoms with Crippen LogP contribution in [0, 0.1) is 18.2 Å². The molecule has 32 heavy (non-hydrogen) atoms. The van der Waals surface area contributed by atoms with E-state index in [1.165, 1.54) is 12.1 Å². The van der Waals surface area contributed by atoms with Crippen molar-refractivity contribution in [2.75, 3.05) is 11.4 Å². The highest BCUT2D eigenvalue weighted by atomic mass is 35.5. The summed E-state index contributed by atoms with van der Waals surface area (Å²) in [5.41, 5.74) is 1.76. The van der Waals surface area contributed by atoms with Gasteiger partial charge >= 0.3 is 0 Å². The molecule has 9 heteroatoms. The number of aromatic nitrogens is 3. The highest BCUT2D eigenvalue weighted by Gasteiger charge is 2.49.